The van der Waals surface area contributed by atoms with Gasteiger partial charge in [0.15, 0.2) is 0 Å². The lowest BCUT2D eigenvalue weighted by Crippen LogP contribution is -2.09. The largest absolute Gasteiger partial charge is 0.477 e. The maximum absolute atomic E-state index is 11.2. The van der Waals surface area contributed by atoms with Crippen LogP contribution in [0.15, 0.2) is 127 Å². The normalized spacial score (nSPS) is 11.2. The van der Waals surface area contributed by atoms with E-state index >= 15 is 0 Å². The van der Waals surface area contributed by atoms with Crippen LogP contribution in [0.1, 0.15) is 4.88 Å². The van der Waals surface area contributed by atoms with Crippen LogP contribution in [0.4, 0.5) is 17.1 Å². The Morgan fingerprint density at radius 1 is 0.610 bits per heavy atom. The third-order valence-corrected chi connectivity index (χ3v) is 10.0. The van der Waals surface area contributed by atoms with Gasteiger partial charge >= 0.3 is 5.97 Å². The van der Waals surface area contributed by atoms with Gasteiger partial charge < -0.3 is 10.0 Å². The Morgan fingerprint density at radius 3 is 1.61 bits per heavy atom. The predicted octanol–water partition coefficient (Wildman–Crippen LogP) is 10.3. The fourth-order valence-electron chi connectivity index (χ4n) is 4.45. The lowest BCUT2D eigenvalue weighted by molar-refractivity contribution is -0.132. The van der Waals surface area contributed by atoms with E-state index in [-0.39, 0.29) is 5.57 Å². The van der Waals surface area contributed by atoms with Crippen molar-refractivity contribution < 1.29 is 9.90 Å². The molecule has 0 unspecified atom stereocenters. The molecule has 0 aliphatic rings. The Morgan fingerprint density at radius 2 is 1.07 bits per heavy atom. The molecule has 0 fully saturated rings. The van der Waals surface area contributed by atoms with Crippen LogP contribution in [0.5, 0.6) is 0 Å². The molecule has 0 amide bonds. The number of carboxylic acid groups (broad SMARTS) is 1. The maximum Gasteiger partial charge on any atom is 0.346 e. The zero-order valence-corrected chi connectivity index (χ0v) is 24.0. The van der Waals surface area contributed by atoms with E-state index in [9.17, 15) is 4.79 Å². The summed E-state index contributed by atoms with van der Waals surface area (Å²) in [4.78, 5) is 19.9. The van der Waals surface area contributed by atoms with Crippen molar-refractivity contribution in [2.75, 3.05) is 4.90 Å². The number of anilines is 3. The molecular weight excluding hydrogens is 565 g/mol. The first-order valence-electron chi connectivity index (χ1n) is 12.7. The van der Waals surface area contributed by atoms with Crippen molar-refractivity contribution in [2.24, 2.45) is 0 Å². The summed E-state index contributed by atoms with van der Waals surface area (Å²) in [5.74, 6) is -1.21. The number of benzene rings is 3. The third kappa shape index (κ3) is 5.76. The molecule has 0 saturated carbocycles. The van der Waals surface area contributed by atoms with Crippen LogP contribution in [0, 0.1) is 11.3 Å². The van der Waals surface area contributed by atoms with Gasteiger partial charge in [0.2, 0.25) is 0 Å². The molecular formula is C34H22N2O2S3. The predicted molar refractivity (Wildman–Crippen MR) is 172 cm³/mol. The summed E-state index contributed by atoms with van der Waals surface area (Å²) in [5.41, 5.74) is 4.22. The summed E-state index contributed by atoms with van der Waals surface area (Å²) in [6, 6.07) is 43.6. The number of aliphatic carboxylic acids is 1. The van der Waals surface area contributed by atoms with Gasteiger partial charge in [-0.05, 0) is 84.4 Å². The molecule has 198 valence electrons. The van der Waals surface area contributed by atoms with Crippen molar-refractivity contribution in [1.82, 2.24) is 0 Å². The number of nitriles is 1. The smallest absolute Gasteiger partial charge is 0.346 e. The van der Waals surface area contributed by atoms with E-state index in [0.29, 0.717) is 0 Å². The van der Waals surface area contributed by atoms with Crippen LogP contribution < -0.4 is 4.90 Å². The Hall–Kier alpha value is -4.74. The molecule has 3 aromatic carbocycles. The lowest BCUT2D eigenvalue weighted by Gasteiger charge is -2.25. The number of nitrogens with zero attached hydrogens (tertiary/aromatic N) is 2. The van der Waals surface area contributed by atoms with E-state index in [1.54, 1.807) is 28.7 Å². The van der Waals surface area contributed by atoms with Crippen LogP contribution in [0.25, 0.3) is 36.0 Å². The molecule has 6 rings (SSSR count). The van der Waals surface area contributed by atoms with Gasteiger partial charge in [0.25, 0.3) is 0 Å². The molecule has 0 bridgehead atoms. The van der Waals surface area contributed by atoms with Gasteiger partial charge in [0.1, 0.15) is 11.6 Å². The number of hydrogen-bond donors (Lipinski definition) is 1. The van der Waals surface area contributed by atoms with E-state index in [2.05, 4.69) is 102 Å². The average molecular weight is 587 g/mol. The van der Waals surface area contributed by atoms with Crippen LogP contribution in [0.2, 0.25) is 0 Å². The zero-order chi connectivity index (χ0) is 28.2. The summed E-state index contributed by atoms with van der Waals surface area (Å²) in [5, 5.41) is 18.2. The highest BCUT2D eigenvalue weighted by Gasteiger charge is 2.14. The van der Waals surface area contributed by atoms with E-state index in [1.807, 2.05) is 24.3 Å². The number of carbonyl (C=O) groups is 1. The summed E-state index contributed by atoms with van der Waals surface area (Å²) < 4.78 is 0. The number of thiophene rings is 3. The van der Waals surface area contributed by atoms with Crippen molar-refractivity contribution >= 4 is 63.1 Å². The molecule has 1 N–H and O–H groups in total. The highest BCUT2D eigenvalue weighted by molar-refractivity contribution is 7.27. The minimum Gasteiger partial charge on any atom is -0.477 e. The van der Waals surface area contributed by atoms with Gasteiger partial charge in [-0.25, -0.2) is 4.79 Å². The van der Waals surface area contributed by atoms with E-state index in [4.69, 9.17) is 10.4 Å². The number of carboxylic acids is 1. The fraction of sp³-hybridized carbons (Fsp3) is 0. The van der Waals surface area contributed by atoms with E-state index < -0.39 is 5.97 Å². The Balaban J connectivity index is 1.23. The second kappa shape index (κ2) is 11.8. The van der Waals surface area contributed by atoms with Crippen LogP contribution >= 0.6 is 34.0 Å². The minimum atomic E-state index is -1.21. The number of hydrogen-bond acceptors (Lipinski definition) is 6. The second-order valence-corrected chi connectivity index (χ2v) is 12.3. The van der Waals surface area contributed by atoms with E-state index in [0.717, 1.165) is 31.7 Å². The SMILES string of the molecule is N#CC(=Cc1ccc(-c2ccc(-c3ccc(-c4ccc(N(c5ccccc5)c5ccccc5)cc4)s3)s2)s1)C(=O)O. The van der Waals surface area contributed by atoms with Crippen molar-refractivity contribution in [3.63, 3.8) is 0 Å². The molecule has 0 saturated heterocycles. The maximum atomic E-state index is 11.2. The van der Waals surface area contributed by atoms with Crippen LogP contribution in [-0.2, 0) is 4.79 Å². The highest BCUT2D eigenvalue weighted by atomic mass is 32.1. The van der Waals surface area contributed by atoms with Gasteiger partial charge in [-0.1, -0.05) is 48.5 Å². The monoisotopic (exact) mass is 586 g/mol. The topological polar surface area (TPSA) is 64.3 Å². The van der Waals surface area contributed by atoms with Gasteiger partial charge in [0, 0.05) is 46.3 Å². The van der Waals surface area contributed by atoms with E-state index in [1.165, 1.54) is 37.6 Å². The zero-order valence-electron chi connectivity index (χ0n) is 21.6. The van der Waals surface area contributed by atoms with Gasteiger partial charge in [-0.15, -0.1) is 34.0 Å². The molecule has 3 aromatic heterocycles. The molecule has 41 heavy (non-hydrogen) atoms. The molecule has 0 spiro atoms. The molecule has 4 nitrogen and oxygen atoms in total. The van der Waals surface area contributed by atoms with Crippen molar-refractivity contribution in [1.29, 1.82) is 5.26 Å². The second-order valence-electron chi connectivity index (χ2n) is 9.06. The standard InChI is InChI=1S/C34H22N2O2S3/c35-22-24(34(37)38)21-28-15-16-30(39-28)31-19-20-33(41-31)32-18-17-29(40-32)23-11-13-27(14-12-23)36(25-7-3-1-4-8-25)26-9-5-2-6-10-26/h1-21H,(H,37,38). The minimum absolute atomic E-state index is 0.266. The third-order valence-electron chi connectivity index (χ3n) is 6.40. The summed E-state index contributed by atoms with van der Waals surface area (Å²) >= 11 is 4.95. The van der Waals surface area contributed by atoms with Crippen molar-refractivity contribution in [3.05, 3.63) is 132 Å². The van der Waals surface area contributed by atoms with Gasteiger partial charge in [-0.2, -0.15) is 5.26 Å². The summed E-state index contributed by atoms with van der Waals surface area (Å²) in [6.45, 7) is 0. The van der Waals surface area contributed by atoms with Crippen LogP contribution in [0.3, 0.4) is 0 Å². The summed E-state index contributed by atoms with van der Waals surface area (Å²) in [6.07, 6.45) is 1.42. The van der Waals surface area contributed by atoms with Crippen LogP contribution in [-0.4, -0.2) is 11.1 Å². The molecule has 0 radical (unpaired) electrons. The molecule has 3 heterocycles. The Bertz CT molecular complexity index is 1840. The average Bonchev–Trinajstić information content (AvgIpc) is 3.79. The van der Waals surface area contributed by atoms with Gasteiger partial charge in [-0.3, -0.25) is 0 Å². The highest BCUT2D eigenvalue weighted by Crippen LogP contribution is 2.43. The Labute approximate surface area is 250 Å². The number of para-hydroxylation sites is 2. The van der Waals surface area contributed by atoms with Crippen molar-refractivity contribution in [2.45, 2.75) is 0 Å². The fourth-order valence-corrected chi connectivity index (χ4v) is 7.60. The quantitative estimate of drug-likeness (QED) is 0.142. The first-order chi connectivity index (χ1) is 20.1. The lowest BCUT2D eigenvalue weighted by atomic mass is 10.1. The number of rotatable bonds is 8. The van der Waals surface area contributed by atoms with Crippen molar-refractivity contribution in [3.8, 4) is 36.0 Å². The first-order valence-corrected chi connectivity index (χ1v) is 15.2. The summed E-state index contributed by atoms with van der Waals surface area (Å²) in [7, 11) is 0. The molecule has 7 heteroatoms. The molecule has 0 atom stereocenters. The molecule has 0 aliphatic heterocycles. The van der Waals surface area contributed by atoms with Gasteiger partial charge in [0.05, 0.1) is 0 Å². The Kier molecular flexibility index (Phi) is 7.61. The molecule has 0 aliphatic carbocycles. The first kappa shape index (κ1) is 26.5. The molecule has 6 aromatic rings.